The molecule has 0 unspecified atom stereocenters. The molecular weight excluding hydrogens is 700 g/mol. The second kappa shape index (κ2) is 17.6. The highest BCUT2D eigenvalue weighted by Crippen LogP contribution is 2.30. The van der Waals surface area contributed by atoms with Crippen molar-refractivity contribution in [2.45, 2.75) is 33.4 Å². The van der Waals surface area contributed by atoms with Crippen LogP contribution in [-0.2, 0) is 24.4 Å². The quantitative estimate of drug-likeness (QED) is 0.112. The Bertz CT molecular complexity index is 1970. The zero-order valence-electron chi connectivity index (χ0n) is 29.2. The van der Waals surface area contributed by atoms with Gasteiger partial charge in [-0.05, 0) is 102 Å². The van der Waals surface area contributed by atoms with Gasteiger partial charge >= 0.3 is 0 Å². The second-order valence-electron chi connectivity index (χ2n) is 12.7. The van der Waals surface area contributed by atoms with Gasteiger partial charge in [-0.2, -0.15) is 0 Å². The molecule has 2 heterocycles. The third-order valence-corrected chi connectivity index (χ3v) is 9.42. The SMILES string of the molecule is Cc1cc(/C=C/C(=O)N2CCN(Cc3ccc(CCOc4ccc(Cl)cc4)cc3)CC2)cc(C)c1Oc1ccc(OCc2ccc(F)cc2Cl)cn1. The number of benzene rings is 4. The molecule has 1 aliphatic heterocycles. The first-order valence-corrected chi connectivity index (χ1v) is 17.9. The summed E-state index contributed by atoms with van der Waals surface area (Å²) in [7, 11) is 0. The van der Waals surface area contributed by atoms with E-state index in [0.29, 0.717) is 52.7 Å². The van der Waals surface area contributed by atoms with E-state index in [0.717, 1.165) is 48.5 Å². The van der Waals surface area contributed by atoms with Crippen molar-refractivity contribution >= 4 is 35.2 Å². The van der Waals surface area contributed by atoms with Gasteiger partial charge in [0, 0.05) is 61.9 Å². The lowest BCUT2D eigenvalue weighted by atomic mass is 10.1. The number of halogens is 3. The van der Waals surface area contributed by atoms with E-state index in [1.807, 2.05) is 61.2 Å². The van der Waals surface area contributed by atoms with Gasteiger partial charge in [-0.3, -0.25) is 9.69 Å². The van der Waals surface area contributed by atoms with Crippen molar-refractivity contribution in [1.82, 2.24) is 14.8 Å². The second-order valence-corrected chi connectivity index (χ2v) is 13.6. The summed E-state index contributed by atoms with van der Waals surface area (Å²) in [5, 5.41) is 1.01. The zero-order chi connectivity index (χ0) is 36.5. The molecule has 1 aliphatic rings. The van der Waals surface area contributed by atoms with Gasteiger partial charge in [0.1, 0.15) is 29.7 Å². The molecular formula is C42H40Cl2FN3O4. The summed E-state index contributed by atoms with van der Waals surface area (Å²) in [5.74, 6) is 2.09. The first kappa shape index (κ1) is 36.9. The Hall–Kier alpha value is -4.89. The van der Waals surface area contributed by atoms with Gasteiger partial charge in [-0.1, -0.05) is 53.5 Å². The normalized spacial score (nSPS) is 13.4. The predicted octanol–water partition coefficient (Wildman–Crippen LogP) is 9.49. The van der Waals surface area contributed by atoms with E-state index in [4.69, 9.17) is 37.4 Å². The van der Waals surface area contributed by atoms with Gasteiger partial charge < -0.3 is 19.1 Å². The average molecular weight is 741 g/mol. The first-order valence-electron chi connectivity index (χ1n) is 17.2. The fourth-order valence-corrected chi connectivity index (χ4v) is 6.29. The summed E-state index contributed by atoms with van der Waals surface area (Å²) < 4.78 is 31.0. The summed E-state index contributed by atoms with van der Waals surface area (Å²) in [6.07, 6.45) is 5.91. The van der Waals surface area contributed by atoms with Crippen LogP contribution in [0, 0.1) is 19.7 Å². The number of hydrogen-bond acceptors (Lipinski definition) is 6. The Morgan fingerprint density at radius 2 is 1.52 bits per heavy atom. The van der Waals surface area contributed by atoms with Crippen molar-refractivity contribution in [1.29, 1.82) is 0 Å². The Kier molecular flexibility index (Phi) is 12.5. The van der Waals surface area contributed by atoms with Crippen molar-refractivity contribution in [3.63, 3.8) is 0 Å². The lowest BCUT2D eigenvalue weighted by molar-refractivity contribution is -0.127. The molecule has 1 aromatic heterocycles. The topological polar surface area (TPSA) is 64.1 Å². The Morgan fingerprint density at radius 3 is 2.19 bits per heavy atom. The van der Waals surface area contributed by atoms with Crippen molar-refractivity contribution in [2.24, 2.45) is 0 Å². The maximum Gasteiger partial charge on any atom is 0.246 e. The fourth-order valence-electron chi connectivity index (χ4n) is 5.94. The highest BCUT2D eigenvalue weighted by atomic mass is 35.5. The molecule has 1 saturated heterocycles. The molecule has 7 nitrogen and oxygen atoms in total. The van der Waals surface area contributed by atoms with Crippen LogP contribution in [-0.4, -0.2) is 53.5 Å². The van der Waals surface area contributed by atoms with Crippen molar-refractivity contribution in [3.8, 4) is 23.1 Å². The third kappa shape index (κ3) is 10.3. The summed E-state index contributed by atoms with van der Waals surface area (Å²) in [4.78, 5) is 21.7. The van der Waals surface area contributed by atoms with Gasteiger partial charge in [-0.15, -0.1) is 0 Å². The first-order chi connectivity index (χ1) is 25.2. The lowest BCUT2D eigenvalue weighted by Gasteiger charge is -2.34. The monoisotopic (exact) mass is 739 g/mol. The molecule has 0 spiro atoms. The van der Waals surface area contributed by atoms with E-state index in [9.17, 15) is 9.18 Å². The Labute approximate surface area is 314 Å². The number of carbonyl (C=O) groups is 1. The van der Waals surface area contributed by atoms with Crippen LogP contribution in [0.2, 0.25) is 10.0 Å². The zero-order valence-corrected chi connectivity index (χ0v) is 30.7. The van der Waals surface area contributed by atoms with Crippen LogP contribution in [0.3, 0.4) is 0 Å². The van der Waals surface area contributed by atoms with Crippen LogP contribution in [0.5, 0.6) is 23.1 Å². The summed E-state index contributed by atoms with van der Waals surface area (Å²) in [6, 6.07) is 27.7. The number of rotatable bonds is 13. The number of hydrogen-bond donors (Lipinski definition) is 0. The van der Waals surface area contributed by atoms with E-state index < -0.39 is 5.82 Å². The minimum absolute atomic E-state index is 0.00802. The molecule has 4 aromatic carbocycles. The molecule has 10 heteroatoms. The van der Waals surface area contributed by atoms with Crippen molar-refractivity contribution < 1.29 is 23.4 Å². The number of ether oxygens (including phenoxy) is 3. The summed E-state index contributed by atoms with van der Waals surface area (Å²) in [6.45, 7) is 8.60. The number of amides is 1. The molecule has 268 valence electrons. The summed E-state index contributed by atoms with van der Waals surface area (Å²) >= 11 is 12.0. The molecule has 0 bridgehead atoms. The standard InChI is InChI=1S/C42H40Cl2FN3O4/c1-29-23-33(24-30(2)42(29)52-40-15-14-38(26-46-40)51-28-34-8-11-36(45)25-39(34)44)7-16-41(49)48-20-18-47(19-21-48)27-32-5-3-31(4-6-32)17-22-50-37-12-9-35(43)10-13-37/h3-16,23-26H,17-22,27-28H2,1-2H3/b16-7+. The largest absolute Gasteiger partial charge is 0.493 e. The van der Waals surface area contributed by atoms with Gasteiger partial charge in [0.05, 0.1) is 17.8 Å². The van der Waals surface area contributed by atoms with E-state index >= 15 is 0 Å². The average Bonchev–Trinajstić information content (AvgIpc) is 3.14. The predicted molar refractivity (Wildman–Crippen MR) is 204 cm³/mol. The number of aryl methyl sites for hydroxylation is 2. The van der Waals surface area contributed by atoms with E-state index in [2.05, 4.69) is 34.1 Å². The molecule has 0 N–H and O–H groups in total. The minimum Gasteiger partial charge on any atom is -0.493 e. The highest BCUT2D eigenvalue weighted by molar-refractivity contribution is 6.31. The van der Waals surface area contributed by atoms with Gasteiger partial charge in [0.2, 0.25) is 11.8 Å². The third-order valence-electron chi connectivity index (χ3n) is 8.81. The number of carbonyl (C=O) groups excluding carboxylic acids is 1. The van der Waals surface area contributed by atoms with Crippen LogP contribution in [0.15, 0.2) is 103 Å². The number of aromatic nitrogens is 1. The molecule has 1 amide bonds. The van der Waals surface area contributed by atoms with E-state index in [-0.39, 0.29) is 12.5 Å². The molecule has 5 aromatic rings. The van der Waals surface area contributed by atoms with Crippen LogP contribution in [0.1, 0.15) is 33.4 Å². The molecule has 1 fully saturated rings. The van der Waals surface area contributed by atoms with Crippen LogP contribution < -0.4 is 14.2 Å². The Balaban J connectivity index is 0.935. The van der Waals surface area contributed by atoms with Crippen LogP contribution >= 0.6 is 23.2 Å². The van der Waals surface area contributed by atoms with Crippen LogP contribution in [0.4, 0.5) is 4.39 Å². The van der Waals surface area contributed by atoms with Crippen molar-refractivity contribution in [2.75, 3.05) is 32.8 Å². The molecule has 0 radical (unpaired) electrons. The maximum atomic E-state index is 13.3. The minimum atomic E-state index is -0.394. The van der Waals surface area contributed by atoms with Crippen molar-refractivity contribution in [3.05, 3.63) is 153 Å². The van der Waals surface area contributed by atoms with Gasteiger partial charge in [0.25, 0.3) is 0 Å². The van der Waals surface area contributed by atoms with E-state index in [1.54, 1.807) is 30.5 Å². The molecule has 0 atom stereocenters. The number of pyridine rings is 1. The Morgan fingerprint density at radius 1 is 0.827 bits per heavy atom. The molecule has 52 heavy (non-hydrogen) atoms. The molecule has 6 rings (SSSR count). The van der Waals surface area contributed by atoms with E-state index in [1.165, 1.54) is 23.3 Å². The smallest absolute Gasteiger partial charge is 0.246 e. The number of nitrogens with zero attached hydrogens (tertiary/aromatic N) is 3. The van der Waals surface area contributed by atoms with Crippen LogP contribution in [0.25, 0.3) is 6.08 Å². The highest BCUT2D eigenvalue weighted by Gasteiger charge is 2.20. The van der Waals surface area contributed by atoms with Gasteiger partial charge in [-0.25, -0.2) is 9.37 Å². The maximum absolute atomic E-state index is 13.3. The van der Waals surface area contributed by atoms with Gasteiger partial charge in [0.15, 0.2) is 0 Å². The molecule has 0 saturated carbocycles. The lowest BCUT2D eigenvalue weighted by Crippen LogP contribution is -2.47. The number of piperazine rings is 1. The summed E-state index contributed by atoms with van der Waals surface area (Å²) in [5.41, 5.74) is 5.93. The molecule has 0 aliphatic carbocycles. The fraction of sp³-hybridized carbons (Fsp3) is 0.238.